The summed E-state index contributed by atoms with van der Waals surface area (Å²) >= 11 is 6.00. The molecule has 1 aliphatic carbocycles. The summed E-state index contributed by atoms with van der Waals surface area (Å²) < 4.78 is 0. The summed E-state index contributed by atoms with van der Waals surface area (Å²) in [6.07, 6.45) is 4.77. The van der Waals surface area contributed by atoms with Gasteiger partial charge in [0.1, 0.15) is 5.69 Å². The van der Waals surface area contributed by atoms with Crippen LogP contribution < -0.4 is 10.2 Å². The smallest absolute Gasteiger partial charge is 0.292 e. The number of hydrogen-bond donors (Lipinski definition) is 1. The molecule has 1 saturated carbocycles. The van der Waals surface area contributed by atoms with Gasteiger partial charge in [0.2, 0.25) is 0 Å². The molecule has 21 heavy (non-hydrogen) atoms. The van der Waals surface area contributed by atoms with Crippen LogP contribution in [0.15, 0.2) is 18.2 Å². The van der Waals surface area contributed by atoms with Gasteiger partial charge in [-0.1, -0.05) is 11.6 Å². The first kappa shape index (κ1) is 14.6. The first-order valence-corrected chi connectivity index (χ1v) is 7.93. The molecule has 1 N–H and O–H groups in total. The lowest BCUT2D eigenvalue weighted by atomic mass is 10.0. The molecular weight excluding hydrogens is 290 g/mol. The second-order valence-electron chi connectivity index (χ2n) is 6.00. The number of hydrogen-bond acceptors (Lipinski definition) is 4. The van der Waals surface area contributed by atoms with Crippen LogP contribution in [0.4, 0.5) is 11.4 Å². The van der Waals surface area contributed by atoms with Gasteiger partial charge in [-0.05, 0) is 50.3 Å². The molecule has 3 rings (SSSR count). The average Bonchev–Trinajstić information content (AvgIpc) is 3.29. The second-order valence-corrected chi connectivity index (χ2v) is 6.44. The molecule has 5 nitrogen and oxygen atoms in total. The van der Waals surface area contributed by atoms with E-state index in [9.17, 15) is 10.1 Å². The molecule has 0 radical (unpaired) electrons. The van der Waals surface area contributed by atoms with Gasteiger partial charge in [0.05, 0.1) is 4.92 Å². The SMILES string of the molecule is O=[N+]([O-])c1ccc(Cl)cc1N1CCC(NCC2CC2)CC1. The van der Waals surface area contributed by atoms with Crippen LogP contribution >= 0.6 is 11.6 Å². The first-order valence-electron chi connectivity index (χ1n) is 7.56. The Balaban J connectivity index is 1.63. The highest BCUT2D eigenvalue weighted by atomic mass is 35.5. The third kappa shape index (κ3) is 3.66. The van der Waals surface area contributed by atoms with Gasteiger partial charge < -0.3 is 10.2 Å². The Bertz CT molecular complexity index is 526. The molecule has 1 aromatic rings. The maximum absolute atomic E-state index is 11.1. The predicted octanol–water partition coefficient (Wildman–Crippen LogP) is 3.22. The zero-order chi connectivity index (χ0) is 14.8. The van der Waals surface area contributed by atoms with Crippen molar-refractivity contribution in [2.75, 3.05) is 24.5 Å². The fraction of sp³-hybridized carbons (Fsp3) is 0.600. The van der Waals surface area contributed by atoms with E-state index in [1.54, 1.807) is 12.1 Å². The van der Waals surface area contributed by atoms with Gasteiger partial charge in [-0.3, -0.25) is 10.1 Å². The number of anilines is 1. The minimum Gasteiger partial charge on any atom is -0.366 e. The summed E-state index contributed by atoms with van der Waals surface area (Å²) in [5.41, 5.74) is 0.789. The predicted molar refractivity (Wildman–Crippen MR) is 84.1 cm³/mol. The number of rotatable bonds is 5. The molecule has 114 valence electrons. The van der Waals surface area contributed by atoms with Gasteiger partial charge in [0.15, 0.2) is 0 Å². The molecule has 2 fully saturated rings. The Morgan fingerprint density at radius 3 is 2.62 bits per heavy atom. The summed E-state index contributed by atoms with van der Waals surface area (Å²) in [6.45, 7) is 2.80. The monoisotopic (exact) mass is 309 g/mol. The molecule has 0 bridgehead atoms. The second kappa shape index (κ2) is 6.20. The summed E-state index contributed by atoms with van der Waals surface area (Å²) in [4.78, 5) is 12.9. The Morgan fingerprint density at radius 2 is 2.00 bits per heavy atom. The molecule has 0 unspecified atom stereocenters. The molecule has 0 aromatic heterocycles. The quantitative estimate of drug-likeness (QED) is 0.670. The highest BCUT2D eigenvalue weighted by Crippen LogP contribution is 2.33. The molecule has 0 spiro atoms. The van der Waals surface area contributed by atoms with Gasteiger partial charge >= 0.3 is 0 Å². The van der Waals surface area contributed by atoms with Crippen LogP contribution in [0.25, 0.3) is 0 Å². The Morgan fingerprint density at radius 1 is 1.29 bits per heavy atom. The number of nitrogens with zero attached hydrogens (tertiary/aromatic N) is 2. The van der Waals surface area contributed by atoms with Crippen LogP contribution in [-0.4, -0.2) is 30.6 Å². The van der Waals surface area contributed by atoms with Gasteiger partial charge in [-0.15, -0.1) is 0 Å². The van der Waals surface area contributed by atoms with Gasteiger partial charge in [-0.25, -0.2) is 0 Å². The number of benzene rings is 1. The molecular formula is C15H20ClN3O2. The first-order chi connectivity index (χ1) is 10.1. The van der Waals surface area contributed by atoms with E-state index in [0.717, 1.165) is 38.4 Å². The number of nitrogens with one attached hydrogen (secondary N) is 1. The summed E-state index contributed by atoms with van der Waals surface area (Å²) in [6, 6.07) is 5.32. The number of halogens is 1. The number of nitro groups is 1. The van der Waals surface area contributed by atoms with Gasteiger partial charge in [0, 0.05) is 30.2 Å². The Kier molecular flexibility index (Phi) is 4.31. The maximum Gasteiger partial charge on any atom is 0.292 e. The Labute approximate surface area is 129 Å². The molecule has 1 aliphatic heterocycles. The minimum atomic E-state index is -0.330. The van der Waals surface area contributed by atoms with E-state index < -0.39 is 0 Å². The van der Waals surface area contributed by atoms with E-state index in [2.05, 4.69) is 10.2 Å². The fourth-order valence-corrected chi connectivity index (χ4v) is 3.05. The van der Waals surface area contributed by atoms with Gasteiger partial charge in [0.25, 0.3) is 5.69 Å². The van der Waals surface area contributed by atoms with Crippen molar-refractivity contribution in [1.82, 2.24) is 5.32 Å². The summed E-state index contributed by atoms with van der Waals surface area (Å²) in [5.74, 6) is 0.886. The Hall–Kier alpha value is -1.33. The van der Waals surface area contributed by atoms with Gasteiger partial charge in [-0.2, -0.15) is 0 Å². The highest BCUT2D eigenvalue weighted by molar-refractivity contribution is 6.31. The fourth-order valence-electron chi connectivity index (χ4n) is 2.88. The van der Waals surface area contributed by atoms with Crippen molar-refractivity contribution in [3.8, 4) is 0 Å². The third-order valence-electron chi connectivity index (χ3n) is 4.36. The standard InChI is InChI=1S/C15H20ClN3O2/c16-12-3-4-14(19(20)21)15(9-12)18-7-5-13(6-8-18)17-10-11-1-2-11/h3-4,9,11,13,17H,1-2,5-8,10H2. The van der Waals surface area contributed by atoms with Crippen LogP contribution in [0.2, 0.25) is 5.02 Å². The minimum absolute atomic E-state index is 0.142. The van der Waals surface area contributed by atoms with Crippen molar-refractivity contribution in [3.63, 3.8) is 0 Å². The van der Waals surface area contributed by atoms with Crippen LogP contribution in [0.5, 0.6) is 0 Å². The van der Waals surface area contributed by atoms with Crippen molar-refractivity contribution in [2.24, 2.45) is 5.92 Å². The van der Waals surface area contributed by atoms with E-state index in [1.165, 1.54) is 18.9 Å². The van der Waals surface area contributed by atoms with Crippen molar-refractivity contribution in [2.45, 2.75) is 31.7 Å². The topological polar surface area (TPSA) is 58.4 Å². The van der Waals surface area contributed by atoms with E-state index in [-0.39, 0.29) is 10.6 Å². The number of piperidine rings is 1. The highest BCUT2D eigenvalue weighted by Gasteiger charge is 2.27. The average molecular weight is 310 g/mol. The molecule has 1 aromatic carbocycles. The van der Waals surface area contributed by atoms with Crippen LogP contribution in [0.1, 0.15) is 25.7 Å². The molecule has 1 saturated heterocycles. The molecule has 1 heterocycles. The normalized spacial score (nSPS) is 19.8. The van der Waals surface area contributed by atoms with E-state index >= 15 is 0 Å². The van der Waals surface area contributed by atoms with E-state index in [0.29, 0.717) is 16.8 Å². The lowest BCUT2D eigenvalue weighted by Crippen LogP contribution is -2.43. The molecule has 0 amide bonds. The van der Waals surface area contributed by atoms with Crippen molar-refractivity contribution in [3.05, 3.63) is 33.3 Å². The van der Waals surface area contributed by atoms with E-state index in [4.69, 9.17) is 11.6 Å². The lowest BCUT2D eigenvalue weighted by molar-refractivity contribution is -0.384. The van der Waals surface area contributed by atoms with Crippen LogP contribution in [0.3, 0.4) is 0 Å². The molecule has 0 atom stereocenters. The number of nitro benzene ring substituents is 1. The zero-order valence-electron chi connectivity index (χ0n) is 11.9. The van der Waals surface area contributed by atoms with Crippen molar-refractivity contribution >= 4 is 23.0 Å². The van der Waals surface area contributed by atoms with Crippen molar-refractivity contribution in [1.29, 1.82) is 0 Å². The van der Waals surface area contributed by atoms with Crippen LogP contribution in [0, 0.1) is 16.0 Å². The van der Waals surface area contributed by atoms with Crippen LogP contribution in [-0.2, 0) is 0 Å². The maximum atomic E-state index is 11.1. The summed E-state index contributed by atoms with van der Waals surface area (Å²) in [7, 11) is 0. The molecule has 2 aliphatic rings. The lowest BCUT2D eigenvalue weighted by Gasteiger charge is -2.33. The van der Waals surface area contributed by atoms with Crippen molar-refractivity contribution < 1.29 is 4.92 Å². The largest absolute Gasteiger partial charge is 0.366 e. The van der Waals surface area contributed by atoms with E-state index in [1.807, 2.05) is 0 Å². The molecule has 6 heteroatoms. The zero-order valence-corrected chi connectivity index (χ0v) is 12.7. The third-order valence-corrected chi connectivity index (χ3v) is 4.60. The summed E-state index contributed by atoms with van der Waals surface area (Å²) in [5, 5.41) is 15.3.